The molecule has 0 spiro atoms. The predicted molar refractivity (Wildman–Crippen MR) is 72.7 cm³/mol. The average Bonchev–Trinajstić information content (AvgIpc) is 2.38. The van der Waals surface area contributed by atoms with Crippen LogP contribution in [0.4, 0.5) is 5.69 Å². The molecule has 5 nitrogen and oxygen atoms in total. The lowest BCUT2D eigenvalue weighted by Gasteiger charge is -2.30. The number of rotatable bonds is 2. The molecule has 102 valence electrons. The van der Waals surface area contributed by atoms with Crippen LogP contribution in [0.5, 0.6) is 0 Å². The first kappa shape index (κ1) is 13.8. The lowest BCUT2D eigenvalue weighted by molar-refractivity contribution is 0.281. The highest BCUT2D eigenvalue weighted by molar-refractivity contribution is 7.89. The molecule has 1 saturated heterocycles. The summed E-state index contributed by atoms with van der Waals surface area (Å²) in [5, 5.41) is 8.77. The number of hydrogen-bond acceptors (Lipinski definition) is 4. The maximum atomic E-state index is 12.5. The summed E-state index contributed by atoms with van der Waals surface area (Å²) in [6, 6.07) is 6.25. The van der Waals surface area contributed by atoms with Gasteiger partial charge in [-0.2, -0.15) is 9.57 Å². The Morgan fingerprint density at radius 3 is 2.79 bits per heavy atom. The van der Waals surface area contributed by atoms with Crippen LogP contribution in [0.3, 0.4) is 0 Å². The quantitative estimate of drug-likeness (QED) is 0.832. The molecule has 0 bridgehead atoms. The standard InChI is InChI=1S/C13H17N3O2S/c1-10-3-2-6-16(9-10)19(17,18)13-5-4-11(8-14)7-12(13)15/h4-5,7,10H,2-3,6,9,15H2,1H3. The van der Waals surface area contributed by atoms with E-state index in [-0.39, 0.29) is 10.6 Å². The van der Waals surface area contributed by atoms with Crippen molar-refractivity contribution in [3.05, 3.63) is 23.8 Å². The van der Waals surface area contributed by atoms with Crippen molar-refractivity contribution in [2.24, 2.45) is 5.92 Å². The number of nitrogens with two attached hydrogens (primary N) is 1. The van der Waals surface area contributed by atoms with Crippen molar-refractivity contribution in [2.75, 3.05) is 18.8 Å². The lowest BCUT2D eigenvalue weighted by atomic mass is 10.0. The van der Waals surface area contributed by atoms with Crippen molar-refractivity contribution in [3.8, 4) is 6.07 Å². The molecule has 1 aliphatic heterocycles. The highest BCUT2D eigenvalue weighted by Gasteiger charge is 2.30. The zero-order valence-corrected chi connectivity index (χ0v) is 11.7. The number of nitriles is 1. The van der Waals surface area contributed by atoms with E-state index in [1.165, 1.54) is 22.5 Å². The summed E-state index contributed by atoms with van der Waals surface area (Å²) in [6.45, 7) is 3.11. The topological polar surface area (TPSA) is 87.2 Å². The fourth-order valence-corrected chi connectivity index (χ4v) is 4.05. The van der Waals surface area contributed by atoms with Crippen molar-refractivity contribution in [1.29, 1.82) is 5.26 Å². The molecule has 0 amide bonds. The SMILES string of the molecule is CC1CCCN(S(=O)(=O)c2ccc(C#N)cc2N)C1. The third-order valence-corrected chi connectivity index (χ3v) is 5.32. The molecule has 2 N–H and O–H groups in total. The van der Waals surface area contributed by atoms with Crippen LogP contribution in [0.15, 0.2) is 23.1 Å². The zero-order valence-electron chi connectivity index (χ0n) is 10.8. The number of nitrogen functional groups attached to an aromatic ring is 1. The Labute approximate surface area is 113 Å². The van der Waals surface area contributed by atoms with E-state index in [9.17, 15) is 8.42 Å². The normalized spacial score (nSPS) is 20.9. The van der Waals surface area contributed by atoms with Crippen LogP contribution < -0.4 is 5.73 Å². The largest absolute Gasteiger partial charge is 0.398 e. The highest BCUT2D eigenvalue weighted by atomic mass is 32.2. The summed E-state index contributed by atoms with van der Waals surface area (Å²) in [4.78, 5) is 0.0978. The Hall–Kier alpha value is -1.58. The van der Waals surface area contributed by atoms with E-state index in [0.29, 0.717) is 24.6 Å². The minimum absolute atomic E-state index is 0.0978. The Bertz CT molecular complexity index is 619. The molecule has 1 aliphatic rings. The van der Waals surface area contributed by atoms with Crippen LogP contribution >= 0.6 is 0 Å². The van der Waals surface area contributed by atoms with Crippen LogP contribution in [0.2, 0.25) is 0 Å². The van der Waals surface area contributed by atoms with Crippen molar-refractivity contribution in [2.45, 2.75) is 24.7 Å². The molecular formula is C13H17N3O2S. The summed E-state index contributed by atoms with van der Waals surface area (Å²) in [5.74, 6) is 0.364. The summed E-state index contributed by atoms with van der Waals surface area (Å²) in [7, 11) is -3.55. The van der Waals surface area contributed by atoms with E-state index in [1.807, 2.05) is 13.0 Å². The maximum absolute atomic E-state index is 12.5. The first-order chi connectivity index (χ1) is 8.95. The van der Waals surface area contributed by atoms with Gasteiger partial charge in [0.2, 0.25) is 10.0 Å². The number of benzene rings is 1. The molecule has 0 aliphatic carbocycles. The third kappa shape index (κ3) is 2.72. The molecule has 0 saturated carbocycles. The van der Waals surface area contributed by atoms with Gasteiger partial charge >= 0.3 is 0 Å². The third-order valence-electron chi connectivity index (χ3n) is 3.38. The maximum Gasteiger partial charge on any atom is 0.245 e. The van der Waals surface area contributed by atoms with Gasteiger partial charge in [-0.1, -0.05) is 6.92 Å². The molecule has 1 fully saturated rings. The van der Waals surface area contributed by atoms with Crippen LogP contribution in [-0.4, -0.2) is 25.8 Å². The second kappa shape index (κ2) is 5.19. The molecular weight excluding hydrogens is 262 g/mol. The molecule has 1 atom stereocenters. The average molecular weight is 279 g/mol. The van der Waals surface area contributed by atoms with Gasteiger partial charge in [0.05, 0.1) is 17.3 Å². The molecule has 6 heteroatoms. The Morgan fingerprint density at radius 1 is 1.47 bits per heavy atom. The Balaban J connectivity index is 2.37. The smallest absolute Gasteiger partial charge is 0.245 e. The predicted octanol–water partition coefficient (Wildman–Crippen LogP) is 1.56. The number of sulfonamides is 1. The second-order valence-electron chi connectivity index (χ2n) is 4.97. The second-order valence-corrected chi connectivity index (χ2v) is 6.88. The van der Waals surface area contributed by atoms with Gasteiger partial charge in [0.15, 0.2) is 0 Å². The molecule has 0 radical (unpaired) electrons. The molecule has 1 aromatic rings. The molecule has 1 unspecified atom stereocenters. The van der Waals surface area contributed by atoms with Crippen molar-refractivity contribution >= 4 is 15.7 Å². The van der Waals surface area contributed by atoms with E-state index >= 15 is 0 Å². The van der Waals surface area contributed by atoms with E-state index in [4.69, 9.17) is 11.0 Å². The van der Waals surface area contributed by atoms with Gasteiger partial charge in [-0.3, -0.25) is 0 Å². The van der Waals surface area contributed by atoms with Crippen LogP contribution in [0.25, 0.3) is 0 Å². The van der Waals surface area contributed by atoms with E-state index in [0.717, 1.165) is 12.8 Å². The van der Waals surface area contributed by atoms with Crippen molar-refractivity contribution in [1.82, 2.24) is 4.31 Å². The first-order valence-electron chi connectivity index (χ1n) is 6.25. The van der Waals surface area contributed by atoms with Crippen LogP contribution in [0, 0.1) is 17.2 Å². The minimum Gasteiger partial charge on any atom is -0.398 e. The Kier molecular flexibility index (Phi) is 3.78. The van der Waals surface area contributed by atoms with Crippen LogP contribution in [0.1, 0.15) is 25.3 Å². The summed E-state index contributed by atoms with van der Waals surface area (Å²) >= 11 is 0. The van der Waals surface area contributed by atoms with Gasteiger partial charge in [0, 0.05) is 13.1 Å². The molecule has 2 rings (SSSR count). The van der Waals surface area contributed by atoms with E-state index in [1.54, 1.807) is 0 Å². The molecule has 1 heterocycles. The number of nitrogens with zero attached hydrogens (tertiary/aromatic N) is 2. The molecule has 1 aromatic carbocycles. The number of hydrogen-bond donors (Lipinski definition) is 1. The van der Waals surface area contributed by atoms with Crippen molar-refractivity contribution < 1.29 is 8.42 Å². The fourth-order valence-electron chi connectivity index (χ4n) is 2.36. The van der Waals surface area contributed by atoms with E-state index in [2.05, 4.69) is 0 Å². The van der Waals surface area contributed by atoms with Crippen LogP contribution in [-0.2, 0) is 10.0 Å². The van der Waals surface area contributed by atoms with Gasteiger partial charge in [0.1, 0.15) is 4.90 Å². The Morgan fingerprint density at radius 2 is 2.21 bits per heavy atom. The summed E-state index contributed by atoms with van der Waals surface area (Å²) in [5.41, 5.74) is 6.27. The summed E-state index contributed by atoms with van der Waals surface area (Å²) in [6.07, 6.45) is 1.92. The zero-order chi connectivity index (χ0) is 14.0. The van der Waals surface area contributed by atoms with Gasteiger partial charge in [-0.25, -0.2) is 8.42 Å². The number of piperidine rings is 1. The van der Waals surface area contributed by atoms with Crippen molar-refractivity contribution in [3.63, 3.8) is 0 Å². The van der Waals surface area contributed by atoms with Gasteiger partial charge in [-0.15, -0.1) is 0 Å². The number of anilines is 1. The highest BCUT2D eigenvalue weighted by Crippen LogP contribution is 2.27. The van der Waals surface area contributed by atoms with Gasteiger partial charge < -0.3 is 5.73 Å². The van der Waals surface area contributed by atoms with Gasteiger partial charge in [-0.05, 0) is 37.0 Å². The van der Waals surface area contributed by atoms with Gasteiger partial charge in [0.25, 0.3) is 0 Å². The minimum atomic E-state index is -3.55. The lowest BCUT2D eigenvalue weighted by Crippen LogP contribution is -2.39. The first-order valence-corrected chi connectivity index (χ1v) is 7.69. The van der Waals surface area contributed by atoms with E-state index < -0.39 is 10.0 Å². The summed E-state index contributed by atoms with van der Waals surface area (Å²) < 4.78 is 26.5. The molecule has 0 aromatic heterocycles. The fraction of sp³-hybridized carbons (Fsp3) is 0.462. The monoisotopic (exact) mass is 279 g/mol. The molecule has 19 heavy (non-hydrogen) atoms.